The number of hydrogen-bond acceptors (Lipinski definition) is 6. The van der Waals surface area contributed by atoms with E-state index in [9.17, 15) is 0 Å². The summed E-state index contributed by atoms with van der Waals surface area (Å²) in [5.41, 5.74) is 5.47. The van der Waals surface area contributed by atoms with E-state index < -0.39 is 0 Å². The molecule has 5 nitrogen and oxygen atoms in total. The SMILES string of the molecule is CCSC1CCCCN(Cc2noc(CN)n2)C1. The first-order valence-corrected chi connectivity index (χ1v) is 7.72. The van der Waals surface area contributed by atoms with Crippen LogP contribution in [0.4, 0.5) is 0 Å². The van der Waals surface area contributed by atoms with Gasteiger partial charge in [-0.2, -0.15) is 16.7 Å². The van der Waals surface area contributed by atoms with Crippen molar-refractivity contribution >= 4 is 11.8 Å². The molecule has 18 heavy (non-hydrogen) atoms. The van der Waals surface area contributed by atoms with E-state index in [4.69, 9.17) is 10.3 Å². The molecular formula is C12H22N4OS. The van der Waals surface area contributed by atoms with Gasteiger partial charge < -0.3 is 10.3 Å². The van der Waals surface area contributed by atoms with E-state index in [1.54, 1.807) is 0 Å². The summed E-state index contributed by atoms with van der Waals surface area (Å²) in [6.07, 6.45) is 3.92. The van der Waals surface area contributed by atoms with Crippen LogP contribution < -0.4 is 5.73 Å². The Morgan fingerprint density at radius 2 is 2.39 bits per heavy atom. The van der Waals surface area contributed by atoms with Gasteiger partial charge in [-0.1, -0.05) is 18.5 Å². The summed E-state index contributed by atoms with van der Waals surface area (Å²) in [7, 11) is 0. The molecule has 6 heteroatoms. The Labute approximate surface area is 112 Å². The second kappa shape index (κ2) is 7.11. The van der Waals surface area contributed by atoms with E-state index in [0.717, 1.165) is 30.7 Å². The molecule has 0 amide bonds. The molecule has 1 atom stereocenters. The summed E-state index contributed by atoms with van der Waals surface area (Å²) in [4.78, 5) is 6.71. The molecule has 1 unspecified atom stereocenters. The van der Waals surface area contributed by atoms with Crippen LogP contribution in [0, 0.1) is 0 Å². The van der Waals surface area contributed by atoms with Crippen molar-refractivity contribution in [3.63, 3.8) is 0 Å². The van der Waals surface area contributed by atoms with Crippen LogP contribution >= 0.6 is 11.8 Å². The van der Waals surface area contributed by atoms with Crippen LogP contribution in [-0.4, -0.2) is 39.1 Å². The van der Waals surface area contributed by atoms with Crippen LogP contribution in [0.3, 0.4) is 0 Å². The van der Waals surface area contributed by atoms with Crippen molar-refractivity contribution < 1.29 is 4.52 Å². The van der Waals surface area contributed by atoms with Crippen molar-refractivity contribution in [2.75, 3.05) is 18.8 Å². The van der Waals surface area contributed by atoms with Crippen molar-refractivity contribution in [2.45, 2.75) is 44.5 Å². The lowest BCUT2D eigenvalue weighted by Crippen LogP contribution is -2.29. The van der Waals surface area contributed by atoms with E-state index in [-0.39, 0.29) is 0 Å². The minimum Gasteiger partial charge on any atom is -0.338 e. The second-order valence-corrected chi connectivity index (χ2v) is 6.19. The van der Waals surface area contributed by atoms with E-state index in [2.05, 4.69) is 33.7 Å². The molecule has 1 aliphatic heterocycles. The Morgan fingerprint density at radius 1 is 1.50 bits per heavy atom. The van der Waals surface area contributed by atoms with Gasteiger partial charge in [-0.15, -0.1) is 0 Å². The van der Waals surface area contributed by atoms with Crippen LogP contribution in [0.5, 0.6) is 0 Å². The smallest absolute Gasteiger partial charge is 0.240 e. The minimum atomic E-state index is 0.321. The first-order valence-electron chi connectivity index (χ1n) is 6.67. The Bertz CT molecular complexity index is 358. The molecule has 1 fully saturated rings. The zero-order chi connectivity index (χ0) is 12.8. The molecule has 0 saturated carbocycles. The van der Waals surface area contributed by atoms with Crippen molar-refractivity contribution in [3.8, 4) is 0 Å². The van der Waals surface area contributed by atoms with Crippen molar-refractivity contribution in [3.05, 3.63) is 11.7 Å². The number of thioether (sulfide) groups is 1. The lowest BCUT2D eigenvalue weighted by atomic mass is 10.2. The van der Waals surface area contributed by atoms with Gasteiger partial charge in [0, 0.05) is 11.8 Å². The molecule has 0 aliphatic carbocycles. The molecule has 0 aromatic carbocycles. The zero-order valence-corrected chi connectivity index (χ0v) is 11.8. The highest BCUT2D eigenvalue weighted by Gasteiger charge is 2.19. The summed E-state index contributed by atoms with van der Waals surface area (Å²) in [5, 5.41) is 4.72. The average Bonchev–Trinajstić information content (AvgIpc) is 2.70. The van der Waals surface area contributed by atoms with Crippen LogP contribution in [-0.2, 0) is 13.1 Å². The Balaban J connectivity index is 1.90. The maximum absolute atomic E-state index is 5.47. The second-order valence-electron chi connectivity index (χ2n) is 4.62. The van der Waals surface area contributed by atoms with Crippen LogP contribution in [0.1, 0.15) is 37.9 Å². The fourth-order valence-electron chi connectivity index (χ4n) is 2.33. The zero-order valence-electron chi connectivity index (χ0n) is 11.0. The molecule has 1 aromatic rings. The Kier molecular flexibility index (Phi) is 5.46. The topological polar surface area (TPSA) is 68.2 Å². The summed E-state index contributed by atoms with van der Waals surface area (Å²) in [6.45, 7) is 5.59. The summed E-state index contributed by atoms with van der Waals surface area (Å²) in [5.74, 6) is 2.48. The third kappa shape index (κ3) is 3.96. The number of nitrogens with two attached hydrogens (primary N) is 1. The fourth-order valence-corrected chi connectivity index (χ4v) is 3.45. The molecule has 102 valence electrons. The van der Waals surface area contributed by atoms with Gasteiger partial charge in [-0.3, -0.25) is 4.90 Å². The first-order chi connectivity index (χ1) is 8.81. The van der Waals surface area contributed by atoms with Crippen molar-refractivity contribution in [1.82, 2.24) is 15.0 Å². The third-order valence-electron chi connectivity index (χ3n) is 3.16. The first kappa shape index (κ1) is 13.8. The summed E-state index contributed by atoms with van der Waals surface area (Å²) < 4.78 is 5.04. The van der Waals surface area contributed by atoms with Gasteiger partial charge in [0.1, 0.15) is 0 Å². The van der Waals surface area contributed by atoms with Gasteiger partial charge in [0.15, 0.2) is 5.82 Å². The average molecular weight is 270 g/mol. The maximum Gasteiger partial charge on any atom is 0.240 e. The molecule has 2 heterocycles. The van der Waals surface area contributed by atoms with Crippen molar-refractivity contribution in [1.29, 1.82) is 0 Å². The maximum atomic E-state index is 5.47. The van der Waals surface area contributed by atoms with Gasteiger partial charge in [0.2, 0.25) is 5.89 Å². The number of rotatable bonds is 5. The molecule has 1 aromatic heterocycles. The highest BCUT2D eigenvalue weighted by molar-refractivity contribution is 7.99. The number of aromatic nitrogens is 2. The van der Waals surface area contributed by atoms with E-state index in [0.29, 0.717) is 12.4 Å². The quantitative estimate of drug-likeness (QED) is 0.877. The van der Waals surface area contributed by atoms with E-state index in [1.165, 1.54) is 25.0 Å². The minimum absolute atomic E-state index is 0.321. The molecule has 0 radical (unpaired) electrons. The lowest BCUT2D eigenvalue weighted by Gasteiger charge is -2.22. The number of likely N-dealkylation sites (tertiary alicyclic amines) is 1. The molecule has 1 saturated heterocycles. The lowest BCUT2D eigenvalue weighted by molar-refractivity contribution is 0.266. The summed E-state index contributed by atoms with van der Waals surface area (Å²) in [6, 6.07) is 0. The Morgan fingerprint density at radius 3 is 3.11 bits per heavy atom. The highest BCUT2D eigenvalue weighted by atomic mass is 32.2. The number of nitrogens with zero attached hydrogens (tertiary/aromatic N) is 3. The largest absolute Gasteiger partial charge is 0.338 e. The molecule has 2 rings (SSSR count). The van der Waals surface area contributed by atoms with Crippen LogP contribution in [0.15, 0.2) is 4.52 Å². The predicted octanol–water partition coefficient (Wildman–Crippen LogP) is 1.64. The Hall–Kier alpha value is -0.590. The van der Waals surface area contributed by atoms with E-state index in [1.807, 2.05) is 0 Å². The third-order valence-corrected chi connectivity index (χ3v) is 4.35. The van der Waals surface area contributed by atoms with Crippen molar-refractivity contribution in [2.24, 2.45) is 5.73 Å². The van der Waals surface area contributed by atoms with Gasteiger partial charge in [-0.05, 0) is 25.1 Å². The van der Waals surface area contributed by atoms with Gasteiger partial charge in [0.25, 0.3) is 0 Å². The van der Waals surface area contributed by atoms with E-state index >= 15 is 0 Å². The molecule has 0 spiro atoms. The predicted molar refractivity (Wildman–Crippen MR) is 73.2 cm³/mol. The van der Waals surface area contributed by atoms with Gasteiger partial charge in [0.05, 0.1) is 13.1 Å². The monoisotopic (exact) mass is 270 g/mol. The summed E-state index contributed by atoms with van der Waals surface area (Å²) >= 11 is 2.06. The number of hydrogen-bond donors (Lipinski definition) is 1. The highest BCUT2D eigenvalue weighted by Crippen LogP contribution is 2.22. The fraction of sp³-hybridized carbons (Fsp3) is 0.833. The van der Waals surface area contributed by atoms with Crippen LogP contribution in [0.25, 0.3) is 0 Å². The van der Waals surface area contributed by atoms with Gasteiger partial charge in [-0.25, -0.2) is 0 Å². The van der Waals surface area contributed by atoms with Gasteiger partial charge >= 0.3 is 0 Å². The molecule has 0 bridgehead atoms. The normalized spacial score (nSPS) is 22.0. The molecular weight excluding hydrogens is 248 g/mol. The molecule has 2 N–H and O–H groups in total. The van der Waals surface area contributed by atoms with Crippen LogP contribution in [0.2, 0.25) is 0 Å². The molecule has 1 aliphatic rings. The standard InChI is InChI=1S/C12H22N4OS/c1-2-18-10-5-3-4-6-16(8-10)9-11-14-12(7-13)17-15-11/h10H,2-9,13H2,1H3.